The van der Waals surface area contributed by atoms with Crippen molar-refractivity contribution in [2.24, 2.45) is 0 Å². The molecular formula is C16H19N3O2. The zero-order valence-corrected chi connectivity index (χ0v) is 12.7. The lowest BCUT2D eigenvalue weighted by Crippen LogP contribution is -2.12. The third-order valence-electron chi connectivity index (χ3n) is 3.28. The van der Waals surface area contributed by atoms with Crippen molar-refractivity contribution < 1.29 is 8.94 Å². The van der Waals surface area contributed by atoms with Gasteiger partial charge in [0.05, 0.1) is 6.04 Å². The highest BCUT2D eigenvalue weighted by molar-refractivity contribution is 5.77. The number of benzene rings is 1. The van der Waals surface area contributed by atoms with Gasteiger partial charge in [0.15, 0.2) is 0 Å². The van der Waals surface area contributed by atoms with Crippen molar-refractivity contribution in [1.82, 2.24) is 10.1 Å². The van der Waals surface area contributed by atoms with Crippen LogP contribution in [0, 0.1) is 0 Å². The van der Waals surface area contributed by atoms with Crippen molar-refractivity contribution in [3.8, 4) is 0 Å². The van der Waals surface area contributed by atoms with Crippen LogP contribution in [0.1, 0.15) is 45.4 Å². The Hall–Kier alpha value is -2.30. The second kappa shape index (κ2) is 4.91. The van der Waals surface area contributed by atoms with E-state index in [2.05, 4.69) is 15.5 Å². The summed E-state index contributed by atoms with van der Waals surface area (Å²) in [5, 5.41) is 8.25. The molecule has 21 heavy (non-hydrogen) atoms. The average Bonchev–Trinajstić information content (AvgIpc) is 3.03. The lowest BCUT2D eigenvalue weighted by Gasteiger charge is -2.11. The molecule has 110 valence electrons. The molecule has 0 spiro atoms. The van der Waals surface area contributed by atoms with Crippen LogP contribution in [0.5, 0.6) is 0 Å². The fraction of sp³-hybridized carbons (Fsp3) is 0.375. The Labute approximate surface area is 123 Å². The second-order valence-corrected chi connectivity index (χ2v) is 6.23. The summed E-state index contributed by atoms with van der Waals surface area (Å²) in [4.78, 5) is 4.37. The highest BCUT2D eigenvalue weighted by Crippen LogP contribution is 2.26. The molecule has 1 N–H and O–H groups in total. The van der Waals surface area contributed by atoms with Gasteiger partial charge in [-0.05, 0) is 24.2 Å². The number of hydrogen-bond acceptors (Lipinski definition) is 5. The van der Waals surface area contributed by atoms with Crippen LogP contribution in [0.4, 0.5) is 5.95 Å². The second-order valence-electron chi connectivity index (χ2n) is 6.23. The quantitative estimate of drug-likeness (QED) is 0.777. The predicted octanol–water partition coefficient (Wildman–Crippen LogP) is 4.29. The Balaban J connectivity index is 1.79. The van der Waals surface area contributed by atoms with Gasteiger partial charge in [-0.2, -0.15) is 4.98 Å². The molecule has 0 saturated heterocycles. The number of nitrogens with one attached hydrogen (secondary N) is 1. The smallest absolute Gasteiger partial charge is 0.264 e. The van der Waals surface area contributed by atoms with E-state index in [9.17, 15) is 0 Å². The van der Waals surface area contributed by atoms with E-state index in [1.54, 1.807) is 0 Å². The van der Waals surface area contributed by atoms with Gasteiger partial charge in [-0.15, -0.1) is 0 Å². The zero-order chi connectivity index (χ0) is 15.0. The molecule has 0 unspecified atom stereocenters. The third-order valence-corrected chi connectivity index (χ3v) is 3.28. The van der Waals surface area contributed by atoms with Gasteiger partial charge in [0.1, 0.15) is 11.3 Å². The van der Waals surface area contributed by atoms with Crippen molar-refractivity contribution in [2.75, 3.05) is 5.32 Å². The first-order valence-corrected chi connectivity index (χ1v) is 7.03. The molecule has 5 nitrogen and oxygen atoms in total. The van der Waals surface area contributed by atoms with Crippen LogP contribution in [0.3, 0.4) is 0 Å². The summed E-state index contributed by atoms with van der Waals surface area (Å²) in [7, 11) is 0. The maximum Gasteiger partial charge on any atom is 0.264 e. The number of nitrogens with zero attached hydrogens (tertiary/aromatic N) is 2. The standard InChI is InChI=1S/C16H19N3O2/c1-10(13-9-11-7-5-6-8-12(11)20-13)17-15-18-14(21-19-15)16(2,3)4/h5-10H,1-4H3,(H,17,19)/t10-/m1/s1. The molecule has 2 aromatic heterocycles. The minimum absolute atomic E-state index is 0.0391. The highest BCUT2D eigenvalue weighted by atomic mass is 16.5. The van der Waals surface area contributed by atoms with Crippen molar-refractivity contribution in [3.63, 3.8) is 0 Å². The van der Waals surface area contributed by atoms with Crippen molar-refractivity contribution in [1.29, 1.82) is 0 Å². The summed E-state index contributed by atoms with van der Waals surface area (Å²) < 4.78 is 11.1. The molecular weight excluding hydrogens is 266 g/mol. The van der Waals surface area contributed by atoms with E-state index in [1.807, 2.05) is 58.0 Å². The number of fused-ring (bicyclic) bond motifs is 1. The van der Waals surface area contributed by atoms with Gasteiger partial charge in [-0.3, -0.25) is 0 Å². The Morgan fingerprint density at radius 2 is 1.95 bits per heavy atom. The molecule has 3 rings (SSSR count). The number of anilines is 1. The van der Waals surface area contributed by atoms with Crippen LogP contribution in [0.2, 0.25) is 0 Å². The maximum atomic E-state index is 5.83. The number of furan rings is 1. The SMILES string of the molecule is C[C@@H](Nc1noc(C(C)(C)C)n1)c1cc2ccccc2o1. The maximum absolute atomic E-state index is 5.83. The summed E-state index contributed by atoms with van der Waals surface area (Å²) in [6.45, 7) is 8.11. The Morgan fingerprint density at radius 3 is 2.62 bits per heavy atom. The lowest BCUT2D eigenvalue weighted by molar-refractivity contribution is 0.321. The first kappa shape index (κ1) is 13.7. The summed E-state index contributed by atoms with van der Waals surface area (Å²) in [5.41, 5.74) is 0.722. The number of hydrogen-bond donors (Lipinski definition) is 1. The molecule has 0 saturated carbocycles. The molecule has 0 amide bonds. The minimum atomic E-state index is -0.157. The summed E-state index contributed by atoms with van der Waals surface area (Å²) >= 11 is 0. The molecule has 0 bridgehead atoms. The van der Waals surface area contributed by atoms with Crippen molar-refractivity contribution in [2.45, 2.75) is 39.2 Å². The fourth-order valence-corrected chi connectivity index (χ4v) is 2.07. The van der Waals surface area contributed by atoms with Crippen LogP contribution >= 0.6 is 0 Å². The Kier molecular flexibility index (Phi) is 3.20. The van der Waals surface area contributed by atoms with Crippen LogP contribution in [0.15, 0.2) is 39.3 Å². The molecule has 0 radical (unpaired) electrons. The molecule has 1 atom stereocenters. The van der Waals surface area contributed by atoms with Gasteiger partial charge in [0.25, 0.3) is 5.95 Å². The minimum Gasteiger partial charge on any atom is -0.459 e. The predicted molar refractivity (Wildman–Crippen MR) is 81.2 cm³/mol. The van der Waals surface area contributed by atoms with E-state index in [0.717, 1.165) is 16.7 Å². The number of para-hydroxylation sites is 1. The lowest BCUT2D eigenvalue weighted by atomic mass is 9.97. The average molecular weight is 285 g/mol. The van der Waals surface area contributed by atoms with Crippen LogP contribution in [0.25, 0.3) is 11.0 Å². The molecule has 0 aliphatic rings. The Morgan fingerprint density at radius 1 is 1.19 bits per heavy atom. The molecule has 2 heterocycles. The van der Waals surface area contributed by atoms with E-state index in [0.29, 0.717) is 11.8 Å². The molecule has 5 heteroatoms. The van der Waals surface area contributed by atoms with Crippen LogP contribution in [-0.4, -0.2) is 10.1 Å². The van der Waals surface area contributed by atoms with E-state index in [-0.39, 0.29) is 11.5 Å². The van der Waals surface area contributed by atoms with E-state index in [1.165, 1.54) is 0 Å². The van der Waals surface area contributed by atoms with E-state index in [4.69, 9.17) is 8.94 Å². The van der Waals surface area contributed by atoms with Gasteiger partial charge in [0.2, 0.25) is 5.89 Å². The van der Waals surface area contributed by atoms with E-state index < -0.39 is 0 Å². The third kappa shape index (κ3) is 2.77. The molecule has 3 aromatic rings. The van der Waals surface area contributed by atoms with Gasteiger partial charge in [-0.1, -0.05) is 39.0 Å². The summed E-state index contributed by atoms with van der Waals surface area (Å²) in [5.74, 6) is 1.94. The number of aromatic nitrogens is 2. The fourth-order valence-electron chi connectivity index (χ4n) is 2.07. The van der Waals surface area contributed by atoms with E-state index >= 15 is 0 Å². The van der Waals surface area contributed by atoms with Crippen LogP contribution in [-0.2, 0) is 5.41 Å². The Bertz CT molecular complexity index is 719. The van der Waals surface area contributed by atoms with Gasteiger partial charge in [-0.25, -0.2) is 0 Å². The zero-order valence-electron chi connectivity index (χ0n) is 12.7. The number of rotatable bonds is 3. The normalized spacial score (nSPS) is 13.5. The van der Waals surface area contributed by atoms with Crippen molar-refractivity contribution >= 4 is 16.9 Å². The molecule has 0 aliphatic carbocycles. The molecule has 0 aliphatic heterocycles. The van der Waals surface area contributed by atoms with Gasteiger partial charge < -0.3 is 14.3 Å². The van der Waals surface area contributed by atoms with Gasteiger partial charge >= 0.3 is 0 Å². The summed E-state index contributed by atoms with van der Waals surface area (Å²) in [6, 6.07) is 9.93. The molecule has 1 aromatic carbocycles. The largest absolute Gasteiger partial charge is 0.459 e. The molecule has 0 fully saturated rings. The topological polar surface area (TPSA) is 64.1 Å². The van der Waals surface area contributed by atoms with Crippen molar-refractivity contribution in [3.05, 3.63) is 42.0 Å². The summed E-state index contributed by atoms with van der Waals surface area (Å²) in [6.07, 6.45) is 0. The highest BCUT2D eigenvalue weighted by Gasteiger charge is 2.22. The van der Waals surface area contributed by atoms with Crippen LogP contribution < -0.4 is 5.32 Å². The van der Waals surface area contributed by atoms with Gasteiger partial charge in [0, 0.05) is 10.8 Å². The first-order valence-electron chi connectivity index (χ1n) is 7.03. The monoisotopic (exact) mass is 285 g/mol. The first-order chi connectivity index (χ1) is 9.93.